The Morgan fingerprint density at radius 2 is 0.955 bits per heavy atom. The number of amides is 6. The van der Waals surface area contributed by atoms with Crippen LogP contribution in [-0.4, -0.2) is 150 Å². The lowest BCUT2D eigenvalue weighted by molar-refractivity contribution is -0.143. The molecule has 66 heavy (non-hydrogen) atoms. The Kier molecular flexibility index (Phi) is 26.8. The second kappa shape index (κ2) is 31.0. The average Bonchev–Trinajstić information content (AvgIpc) is 3.25. The van der Waals surface area contributed by atoms with E-state index in [0.29, 0.717) is 31.4 Å². The number of hydrogen-bond donors (Lipinski definition) is 20. The van der Waals surface area contributed by atoms with Crippen molar-refractivity contribution in [2.75, 3.05) is 32.8 Å². The molecule has 0 saturated carbocycles. The van der Waals surface area contributed by atoms with Crippen LogP contribution >= 0.6 is 0 Å². The lowest BCUT2D eigenvalue weighted by atomic mass is 10.0. The van der Waals surface area contributed by atoms with Crippen LogP contribution in [0.5, 0.6) is 5.75 Å². The fourth-order valence-electron chi connectivity index (χ4n) is 6.07. The second-order valence-electron chi connectivity index (χ2n) is 15.3. The van der Waals surface area contributed by atoms with E-state index in [0.717, 1.165) is 0 Å². The van der Waals surface area contributed by atoms with Gasteiger partial charge in [-0.2, -0.15) is 0 Å². The first-order valence-corrected chi connectivity index (χ1v) is 21.3. The van der Waals surface area contributed by atoms with Gasteiger partial charge in [-0.05, 0) is 89.0 Å². The summed E-state index contributed by atoms with van der Waals surface area (Å²) in [5.74, 6) is -7.55. The van der Waals surface area contributed by atoms with Gasteiger partial charge in [0.15, 0.2) is 17.9 Å². The lowest BCUT2D eigenvalue weighted by Gasteiger charge is -2.27. The summed E-state index contributed by atoms with van der Waals surface area (Å²) in [6.45, 7) is 1.17. The molecule has 0 radical (unpaired) electrons. The van der Waals surface area contributed by atoms with E-state index in [1.165, 1.54) is 31.2 Å². The number of aromatic hydroxyl groups is 1. The number of carboxylic acid groups (broad SMARTS) is 1. The van der Waals surface area contributed by atoms with Gasteiger partial charge in [0.25, 0.3) is 0 Å². The molecule has 0 spiro atoms. The van der Waals surface area contributed by atoms with Gasteiger partial charge in [0.2, 0.25) is 35.4 Å². The van der Waals surface area contributed by atoms with Crippen molar-refractivity contribution in [1.29, 1.82) is 16.2 Å². The number of carbonyl (C=O) groups excluding carboxylic acids is 6. The van der Waals surface area contributed by atoms with Crippen molar-refractivity contribution in [3.05, 3.63) is 29.8 Å². The van der Waals surface area contributed by atoms with E-state index < -0.39 is 90.3 Å². The molecule has 0 aromatic heterocycles. The van der Waals surface area contributed by atoms with Gasteiger partial charge in [0, 0.05) is 26.1 Å². The van der Waals surface area contributed by atoms with Crippen LogP contribution in [-0.2, 0) is 40.0 Å². The Morgan fingerprint density at radius 1 is 0.561 bits per heavy atom. The SMILES string of the molecule is C[C@H](NC(=O)[C@@H](N)CCCNC(=N)N)C(=O)N[C@@H](CCCNC(=N)N)C(=O)N[C@@H](Cc1ccc(O)cc1)C(=O)N[C@@H](CCCCN)C(=O)N[C@@H](CCCNC(=N)N)C(=O)N[C@@H](CO)C(=O)O. The predicted octanol–water partition coefficient (Wildman–Crippen LogP) is -5.81. The molecular weight excluding hydrogens is 867 g/mol. The van der Waals surface area contributed by atoms with Gasteiger partial charge in [0.05, 0.1) is 12.6 Å². The third kappa shape index (κ3) is 23.6. The van der Waals surface area contributed by atoms with E-state index in [1.54, 1.807) is 0 Å². The topological polar surface area (TPSA) is 490 Å². The average molecular weight is 936 g/mol. The number of aliphatic hydroxyl groups excluding tert-OH is 1. The third-order valence-electron chi connectivity index (χ3n) is 9.72. The number of guanidine groups is 3. The molecule has 0 aliphatic rings. The summed E-state index contributed by atoms with van der Waals surface area (Å²) < 4.78 is 0. The van der Waals surface area contributed by atoms with Crippen molar-refractivity contribution in [3.8, 4) is 5.75 Å². The van der Waals surface area contributed by atoms with Crippen molar-refractivity contribution in [1.82, 2.24) is 47.9 Å². The zero-order chi connectivity index (χ0) is 49.8. The first kappa shape index (κ1) is 57.0. The fourth-order valence-corrected chi connectivity index (χ4v) is 6.07. The molecule has 0 fully saturated rings. The van der Waals surface area contributed by atoms with Crippen LogP contribution in [0.1, 0.15) is 70.3 Å². The van der Waals surface area contributed by atoms with Crippen LogP contribution in [0.2, 0.25) is 0 Å². The van der Waals surface area contributed by atoms with Gasteiger partial charge in [-0.3, -0.25) is 45.0 Å². The molecule has 1 rings (SSSR count). The van der Waals surface area contributed by atoms with E-state index in [9.17, 15) is 48.9 Å². The van der Waals surface area contributed by atoms with Gasteiger partial charge >= 0.3 is 5.97 Å². The largest absolute Gasteiger partial charge is 0.508 e. The molecule has 27 heteroatoms. The molecule has 0 aliphatic carbocycles. The minimum absolute atomic E-state index is 0.00628. The highest BCUT2D eigenvalue weighted by Gasteiger charge is 2.33. The maximum absolute atomic E-state index is 14.2. The monoisotopic (exact) mass is 936 g/mol. The van der Waals surface area contributed by atoms with E-state index in [-0.39, 0.29) is 88.2 Å². The smallest absolute Gasteiger partial charge is 0.328 e. The molecule has 1 aromatic carbocycles. The number of aliphatic hydroxyl groups is 1. The number of carbonyl (C=O) groups is 7. The Bertz CT molecular complexity index is 1790. The fraction of sp³-hybridized carbons (Fsp3) is 0.590. The highest BCUT2D eigenvalue weighted by molar-refractivity contribution is 5.97. The van der Waals surface area contributed by atoms with Gasteiger partial charge in [-0.1, -0.05) is 12.1 Å². The van der Waals surface area contributed by atoms with E-state index in [4.69, 9.17) is 44.9 Å². The van der Waals surface area contributed by atoms with Crippen LogP contribution in [0, 0.1) is 16.2 Å². The molecule has 25 N–H and O–H groups in total. The number of rotatable bonds is 32. The minimum Gasteiger partial charge on any atom is -0.508 e. The summed E-state index contributed by atoms with van der Waals surface area (Å²) in [5, 5.41) is 73.6. The molecule has 0 heterocycles. The van der Waals surface area contributed by atoms with E-state index >= 15 is 0 Å². The quantitative estimate of drug-likeness (QED) is 0.0182. The van der Waals surface area contributed by atoms with Crippen LogP contribution in [0.4, 0.5) is 0 Å². The summed E-state index contributed by atoms with van der Waals surface area (Å²) in [7, 11) is 0. The number of unbranched alkanes of at least 4 members (excludes halogenated alkanes) is 1. The first-order chi connectivity index (χ1) is 31.2. The number of phenols is 1. The summed E-state index contributed by atoms with van der Waals surface area (Å²) >= 11 is 0. The molecule has 0 bridgehead atoms. The van der Waals surface area contributed by atoms with Crippen LogP contribution in [0.25, 0.3) is 0 Å². The van der Waals surface area contributed by atoms with Crippen molar-refractivity contribution in [3.63, 3.8) is 0 Å². The van der Waals surface area contributed by atoms with Crippen LogP contribution < -0.4 is 76.5 Å². The maximum Gasteiger partial charge on any atom is 0.328 e. The number of phenolic OH excluding ortho intramolecular Hbond substituents is 1. The summed E-state index contributed by atoms with van der Waals surface area (Å²) in [6, 6.07) is -3.71. The number of hydrogen-bond acceptors (Lipinski definition) is 14. The molecule has 0 saturated heterocycles. The van der Waals surface area contributed by atoms with Gasteiger partial charge in [-0.25, -0.2) is 4.79 Å². The number of nitrogens with two attached hydrogens (primary N) is 5. The molecule has 1 aromatic rings. The summed E-state index contributed by atoms with van der Waals surface area (Å²) in [6.07, 6.45) is 1.31. The molecular formula is C39H69N17O10. The maximum atomic E-state index is 14.2. The number of benzene rings is 1. The summed E-state index contributed by atoms with van der Waals surface area (Å²) in [4.78, 5) is 93.3. The highest BCUT2D eigenvalue weighted by Crippen LogP contribution is 2.13. The van der Waals surface area contributed by atoms with Crippen molar-refractivity contribution in [2.24, 2.45) is 28.7 Å². The number of aliphatic carboxylic acids is 1. The van der Waals surface area contributed by atoms with Gasteiger partial charge in [0.1, 0.15) is 42.0 Å². The van der Waals surface area contributed by atoms with E-state index in [2.05, 4.69) is 47.9 Å². The van der Waals surface area contributed by atoms with Crippen LogP contribution in [0.3, 0.4) is 0 Å². The Hall–Kier alpha value is -7.00. The highest BCUT2D eigenvalue weighted by atomic mass is 16.4. The second-order valence-corrected chi connectivity index (χ2v) is 15.3. The Balaban J connectivity index is 3.47. The van der Waals surface area contributed by atoms with Gasteiger partial charge in [-0.15, -0.1) is 0 Å². The van der Waals surface area contributed by atoms with E-state index in [1.807, 2.05) is 0 Å². The normalized spacial score (nSPS) is 13.9. The molecule has 27 nitrogen and oxygen atoms in total. The predicted molar refractivity (Wildman–Crippen MR) is 242 cm³/mol. The van der Waals surface area contributed by atoms with Crippen molar-refractivity contribution >= 4 is 59.3 Å². The third-order valence-corrected chi connectivity index (χ3v) is 9.72. The molecule has 370 valence electrons. The minimum atomic E-state index is -1.70. The molecule has 6 amide bonds. The zero-order valence-electron chi connectivity index (χ0n) is 37.0. The first-order valence-electron chi connectivity index (χ1n) is 21.3. The zero-order valence-corrected chi connectivity index (χ0v) is 37.0. The standard InChI is InChI=1S/C39H69N17O10/c1-21(51-31(60)24(41)7-4-16-48-37(42)43)30(59)52-26(9-5-17-49-38(44)45)33(62)55-28(19-22-11-13-23(58)14-12-22)35(64)54-25(8-2-3-15-40)32(61)53-27(10-6-18-50-39(46)47)34(63)56-29(20-57)36(65)66/h11-14,21,24-29,57-58H,2-10,15-20,40-41H2,1H3,(H,51,60)(H,52,59)(H,53,61)(H,54,64)(H,55,62)(H,56,63)(H,65,66)(H4,42,43,48)(H4,44,45,49)(H4,46,47,50)/t21-,24-,25-,26-,27-,28-,29-/m0/s1. The van der Waals surface area contributed by atoms with Crippen molar-refractivity contribution in [2.45, 2.75) is 113 Å². The number of nitrogens with one attached hydrogen (secondary N) is 12. The lowest BCUT2D eigenvalue weighted by Crippen LogP contribution is -2.60. The summed E-state index contributed by atoms with van der Waals surface area (Å²) in [5.41, 5.74) is 28.2. The number of carboxylic acids is 1. The molecule has 0 unspecified atom stereocenters. The van der Waals surface area contributed by atoms with Crippen molar-refractivity contribution < 1.29 is 48.9 Å². The molecule has 7 atom stereocenters. The Labute approximate surface area is 382 Å². The Morgan fingerprint density at radius 3 is 1.38 bits per heavy atom. The molecule has 0 aliphatic heterocycles. The van der Waals surface area contributed by atoms with Gasteiger partial charge < -0.3 is 91.8 Å². The van der Waals surface area contributed by atoms with Crippen LogP contribution in [0.15, 0.2) is 24.3 Å².